The van der Waals surface area contributed by atoms with Gasteiger partial charge in [-0.15, -0.1) is 0 Å². The highest BCUT2D eigenvalue weighted by Crippen LogP contribution is 2.24. The molecule has 1 atom stereocenters. The Labute approximate surface area is 115 Å². The second kappa shape index (κ2) is 6.34. The topological polar surface area (TPSA) is 44.5 Å². The number of methoxy groups -OCH3 is 1. The molecule has 0 bridgehead atoms. The van der Waals surface area contributed by atoms with Crippen molar-refractivity contribution < 1.29 is 18.3 Å². The van der Waals surface area contributed by atoms with Crippen LogP contribution in [0.1, 0.15) is 11.7 Å². The molecule has 0 heterocycles. The third-order valence-corrected chi connectivity index (χ3v) is 2.82. The van der Waals surface area contributed by atoms with Gasteiger partial charge in [-0.25, -0.2) is 8.78 Å². The lowest BCUT2D eigenvalue weighted by Crippen LogP contribution is -2.18. The molecule has 1 unspecified atom stereocenters. The van der Waals surface area contributed by atoms with Gasteiger partial charge in [-0.3, -0.25) is 0 Å². The van der Waals surface area contributed by atoms with Crippen LogP contribution in [0, 0.1) is 11.6 Å². The first-order valence-corrected chi connectivity index (χ1v) is 6.09. The molecular weight excluding hydrogens is 264 g/mol. The minimum atomic E-state index is -0.689. The molecule has 0 amide bonds. The third-order valence-electron chi connectivity index (χ3n) is 2.82. The molecule has 20 heavy (non-hydrogen) atoms. The van der Waals surface area contributed by atoms with Gasteiger partial charge in [-0.2, -0.15) is 0 Å². The molecule has 0 aromatic heterocycles. The van der Waals surface area contributed by atoms with E-state index in [0.29, 0.717) is 5.75 Å². The van der Waals surface area contributed by atoms with E-state index in [4.69, 9.17) is 15.2 Å². The molecule has 0 aliphatic rings. The molecular formula is C15H15F2NO2. The van der Waals surface area contributed by atoms with Gasteiger partial charge in [-0.05, 0) is 17.7 Å². The average Bonchev–Trinajstić information content (AvgIpc) is 2.44. The van der Waals surface area contributed by atoms with E-state index < -0.39 is 17.7 Å². The van der Waals surface area contributed by atoms with Crippen LogP contribution in [0.2, 0.25) is 0 Å². The Kier molecular flexibility index (Phi) is 4.53. The highest BCUT2D eigenvalue weighted by molar-refractivity contribution is 5.30. The summed E-state index contributed by atoms with van der Waals surface area (Å²) >= 11 is 0. The van der Waals surface area contributed by atoms with Crippen molar-refractivity contribution in [3.8, 4) is 11.5 Å². The number of ether oxygens (including phenoxy) is 2. The number of halogens is 2. The van der Waals surface area contributed by atoms with Crippen LogP contribution in [0.4, 0.5) is 8.78 Å². The maximum Gasteiger partial charge on any atom is 0.136 e. The van der Waals surface area contributed by atoms with Crippen molar-refractivity contribution in [2.75, 3.05) is 13.7 Å². The smallest absolute Gasteiger partial charge is 0.136 e. The predicted octanol–water partition coefficient (Wildman–Crippen LogP) is 3.05. The summed E-state index contributed by atoms with van der Waals surface area (Å²) in [5.74, 6) is -0.564. The lowest BCUT2D eigenvalue weighted by Gasteiger charge is -2.18. The number of benzene rings is 2. The standard InChI is InChI=1S/C15H15F2NO2/c1-19-13-4-2-10(3-5-13)15(9-18)20-14-7-11(16)6-12(17)8-14/h2-8,15H,9,18H2,1H3. The van der Waals surface area contributed by atoms with E-state index in [-0.39, 0.29) is 12.3 Å². The second-order valence-electron chi connectivity index (χ2n) is 4.22. The van der Waals surface area contributed by atoms with Crippen molar-refractivity contribution in [3.05, 3.63) is 59.7 Å². The average molecular weight is 279 g/mol. The molecule has 2 rings (SSSR count). The molecule has 2 aromatic rings. The molecule has 3 nitrogen and oxygen atoms in total. The number of hydrogen-bond donors (Lipinski definition) is 1. The van der Waals surface area contributed by atoms with Gasteiger partial charge in [0.05, 0.1) is 7.11 Å². The monoisotopic (exact) mass is 279 g/mol. The van der Waals surface area contributed by atoms with E-state index >= 15 is 0 Å². The molecule has 2 N–H and O–H groups in total. The summed E-state index contributed by atoms with van der Waals surface area (Å²) < 4.78 is 36.8. The van der Waals surface area contributed by atoms with Crippen LogP contribution in [0.5, 0.6) is 11.5 Å². The first-order valence-electron chi connectivity index (χ1n) is 6.09. The van der Waals surface area contributed by atoms with Crippen molar-refractivity contribution in [2.45, 2.75) is 6.10 Å². The predicted molar refractivity (Wildman–Crippen MR) is 71.8 cm³/mol. The van der Waals surface area contributed by atoms with E-state index in [1.807, 2.05) is 0 Å². The Hall–Kier alpha value is -2.14. The highest BCUT2D eigenvalue weighted by Gasteiger charge is 2.13. The summed E-state index contributed by atoms with van der Waals surface area (Å²) in [5.41, 5.74) is 6.46. The quantitative estimate of drug-likeness (QED) is 0.915. The van der Waals surface area contributed by atoms with Crippen LogP contribution in [0.25, 0.3) is 0 Å². The first kappa shape index (κ1) is 14.3. The lowest BCUT2D eigenvalue weighted by molar-refractivity contribution is 0.212. The minimum Gasteiger partial charge on any atom is -0.497 e. The van der Waals surface area contributed by atoms with Crippen LogP contribution in [-0.4, -0.2) is 13.7 Å². The largest absolute Gasteiger partial charge is 0.497 e. The number of hydrogen-bond acceptors (Lipinski definition) is 3. The first-order chi connectivity index (χ1) is 9.62. The lowest BCUT2D eigenvalue weighted by atomic mass is 10.1. The summed E-state index contributed by atoms with van der Waals surface area (Å²) in [6.45, 7) is 0.185. The summed E-state index contributed by atoms with van der Waals surface area (Å²) in [6, 6.07) is 10.2. The normalized spacial score (nSPS) is 12.0. The van der Waals surface area contributed by atoms with Gasteiger partial charge in [-0.1, -0.05) is 12.1 Å². The molecule has 0 aliphatic heterocycles. The van der Waals surface area contributed by atoms with Gasteiger partial charge in [0.2, 0.25) is 0 Å². The summed E-state index contributed by atoms with van der Waals surface area (Å²) in [7, 11) is 1.57. The van der Waals surface area contributed by atoms with E-state index in [0.717, 1.165) is 23.8 Å². The Morgan fingerprint density at radius 1 is 1.00 bits per heavy atom. The van der Waals surface area contributed by atoms with Crippen LogP contribution in [-0.2, 0) is 0 Å². The Balaban J connectivity index is 2.19. The zero-order valence-electron chi connectivity index (χ0n) is 11.0. The zero-order chi connectivity index (χ0) is 14.5. The second-order valence-corrected chi connectivity index (χ2v) is 4.22. The van der Waals surface area contributed by atoms with Crippen molar-refractivity contribution in [1.29, 1.82) is 0 Å². The van der Waals surface area contributed by atoms with Gasteiger partial charge in [0, 0.05) is 24.7 Å². The SMILES string of the molecule is COc1ccc(C(CN)Oc2cc(F)cc(F)c2)cc1. The van der Waals surface area contributed by atoms with Crippen molar-refractivity contribution in [1.82, 2.24) is 0 Å². The summed E-state index contributed by atoms with van der Waals surface area (Å²) in [6.07, 6.45) is -0.484. The summed E-state index contributed by atoms with van der Waals surface area (Å²) in [4.78, 5) is 0. The Morgan fingerprint density at radius 2 is 1.60 bits per heavy atom. The molecule has 0 fully saturated rings. The minimum absolute atomic E-state index is 0.105. The molecule has 0 aliphatic carbocycles. The molecule has 0 spiro atoms. The molecule has 0 radical (unpaired) electrons. The van der Waals surface area contributed by atoms with Gasteiger partial charge < -0.3 is 15.2 Å². The fourth-order valence-corrected chi connectivity index (χ4v) is 1.83. The summed E-state index contributed by atoms with van der Waals surface area (Å²) in [5, 5.41) is 0. The molecule has 0 saturated heterocycles. The molecule has 2 aromatic carbocycles. The molecule has 5 heteroatoms. The zero-order valence-corrected chi connectivity index (χ0v) is 11.0. The van der Waals surface area contributed by atoms with Crippen LogP contribution in [0.15, 0.2) is 42.5 Å². The highest BCUT2D eigenvalue weighted by atomic mass is 19.1. The van der Waals surface area contributed by atoms with Crippen molar-refractivity contribution >= 4 is 0 Å². The van der Waals surface area contributed by atoms with Crippen LogP contribution >= 0.6 is 0 Å². The molecule has 0 saturated carbocycles. The molecule has 106 valence electrons. The fourth-order valence-electron chi connectivity index (χ4n) is 1.83. The van der Waals surface area contributed by atoms with Crippen molar-refractivity contribution in [2.24, 2.45) is 5.73 Å². The van der Waals surface area contributed by atoms with E-state index in [9.17, 15) is 8.78 Å². The fraction of sp³-hybridized carbons (Fsp3) is 0.200. The Morgan fingerprint density at radius 3 is 2.10 bits per heavy atom. The van der Waals surface area contributed by atoms with Gasteiger partial charge >= 0.3 is 0 Å². The van der Waals surface area contributed by atoms with Gasteiger partial charge in [0.1, 0.15) is 29.2 Å². The Bertz CT molecular complexity index is 552. The number of rotatable bonds is 5. The van der Waals surface area contributed by atoms with Crippen LogP contribution in [0.3, 0.4) is 0 Å². The van der Waals surface area contributed by atoms with Crippen molar-refractivity contribution in [3.63, 3.8) is 0 Å². The van der Waals surface area contributed by atoms with E-state index in [1.165, 1.54) is 0 Å². The van der Waals surface area contributed by atoms with Crippen LogP contribution < -0.4 is 15.2 Å². The van der Waals surface area contributed by atoms with Gasteiger partial charge in [0.15, 0.2) is 0 Å². The number of nitrogens with two attached hydrogens (primary N) is 1. The third kappa shape index (κ3) is 3.45. The van der Waals surface area contributed by atoms with E-state index in [2.05, 4.69) is 0 Å². The van der Waals surface area contributed by atoms with Gasteiger partial charge in [0.25, 0.3) is 0 Å². The maximum absolute atomic E-state index is 13.1. The van der Waals surface area contributed by atoms with E-state index in [1.54, 1.807) is 31.4 Å². The maximum atomic E-state index is 13.1.